The highest BCUT2D eigenvalue weighted by Crippen LogP contribution is 2.15. The Balaban J connectivity index is 3.53. The van der Waals surface area contributed by atoms with E-state index in [9.17, 15) is 15.0 Å². The Morgan fingerprint density at radius 3 is 1.29 bits per heavy atom. The van der Waals surface area contributed by atoms with E-state index < -0.39 is 12.1 Å². The summed E-state index contributed by atoms with van der Waals surface area (Å²) in [4.78, 5) is 12.2. The predicted molar refractivity (Wildman–Crippen MR) is 198 cm³/mol. The molecule has 0 fully saturated rings. The molecule has 2 atom stereocenters. The number of unbranched alkanes of at least 4 members (excludes halogenated alkanes) is 27. The molecular formula is C41H79NO3. The van der Waals surface area contributed by atoms with E-state index in [4.69, 9.17) is 0 Å². The molecule has 0 aliphatic rings. The van der Waals surface area contributed by atoms with Gasteiger partial charge in [-0.3, -0.25) is 4.79 Å². The average Bonchev–Trinajstić information content (AvgIpc) is 3.04. The van der Waals surface area contributed by atoms with Crippen LogP contribution in [0.3, 0.4) is 0 Å². The quantitative estimate of drug-likeness (QED) is 0.0475. The molecule has 4 nitrogen and oxygen atoms in total. The molecule has 0 rings (SSSR count). The summed E-state index contributed by atoms with van der Waals surface area (Å²) in [7, 11) is 0. The van der Waals surface area contributed by atoms with Crippen molar-refractivity contribution in [2.24, 2.45) is 0 Å². The summed E-state index contributed by atoms with van der Waals surface area (Å²) < 4.78 is 0. The minimum Gasteiger partial charge on any atom is -0.394 e. The van der Waals surface area contributed by atoms with Crippen molar-refractivity contribution in [3.8, 4) is 0 Å². The lowest BCUT2D eigenvalue weighted by molar-refractivity contribution is -0.123. The lowest BCUT2D eigenvalue weighted by atomic mass is 10.0. The molecule has 1 amide bonds. The number of nitrogens with one attached hydrogen (secondary N) is 1. The van der Waals surface area contributed by atoms with Crippen LogP contribution >= 0.6 is 0 Å². The Hall–Kier alpha value is -1.13. The normalized spacial score (nSPS) is 13.2. The number of hydrogen-bond acceptors (Lipinski definition) is 3. The second-order valence-electron chi connectivity index (χ2n) is 13.7. The third kappa shape index (κ3) is 34.0. The van der Waals surface area contributed by atoms with Gasteiger partial charge in [0.05, 0.1) is 18.8 Å². The number of rotatable bonds is 36. The van der Waals surface area contributed by atoms with Gasteiger partial charge in [0.25, 0.3) is 0 Å². The highest BCUT2D eigenvalue weighted by atomic mass is 16.3. The average molecular weight is 634 g/mol. The van der Waals surface area contributed by atoms with E-state index in [-0.39, 0.29) is 12.5 Å². The van der Waals surface area contributed by atoms with Crippen LogP contribution in [0.4, 0.5) is 0 Å². The van der Waals surface area contributed by atoms with Crippen molar-refractivity contribution in [3.63, 3.8) is 0 Å². The Bertz CT molecular complexity index is 647. The monoisotopic (exact) mass is 634 g/mol. The number of carbonyl (C=O) groups excluding carboxylic acids is 1. The molecule has 0 aromatic heterocycles. The maximum Gasteiger partial charge on any atom is 0.220 e. The smallest absolute Gasteiger partial charge is 0.220 e. The van der Waals surface area contributed by atoms with Crippen LogP contribution in [0.1, 0.15) is 213 Å². The molecule has 0 saturated carbocycles. The van der Waals surface area contributed by atoms with Crippen molar-refractivity contribution in [1.29, 1.82) is 0 Å². The first kappa shape index (κ1) is 43.9. The van der Waals surface area contributed by atoms with Crippen LogP contribution in [-0.4, -0.2) is 34.9 Å². The van der Waals surface area contributed by atoms with Crippen LogP contribution in [0.2, 0.25) is 0 Å². The summed E-state index contributed by atoms with van der Waals surface area (Å²) in [5.41, 5.74) is 0. The Labute approximate surface area is 281 Å². The third-order valence-corrected chi connectivity index (χ3v) is 9.19. The van der Waals surface area contributed by atoms with E-state index >= 15 is 0 Å². The Kier molecular flexibility index (Phi) is 36.4. The molecule has 0 aliphatic carbocycles. The van der Waals surface area contributed by atoms with Crippen molar-refractivity contribution in [2.75, 3.05) is 6.61 Å². The first-order chi connectivity index (χ1) is 22.2. The number of hydrogen-bond donors (Lipinski definition) is 3. The van der Waals surface area contributed by atoms with E-state index in [1.807, 2.05) is 6.08 Å². The van der Waals surface area contributed by atoms with Crippen molar-refractivity contribution in [2.45, 2.75) is 225 Å². The minimum atomic E-state index is -0.856. The number of carbonyl (C=O) groups is 1. The van der Waals surface area contributed by atoms with Crippen LogP contribution in [0, 0.1) is 0 Å². The molecule has 0 saturated heterocycles. The number of allylic oxidation sites excluding steroid dienone is 3. The van der Waals surface area contributed by atoms with Gasteiger partial charge in [-0.05, 0) is 32.1 Å². The summed E-state index contributed by atoms with van der Waals surface area (Å²) in [6.07, 6.45) is 47.3. The summed E-state index contributed by atoms with van der Waals surface area (Å²) in [5, 5.41) is 22.8. The summed E-state index contributed by atoms with van der Waals surface area (Å²) in [5.74, 6) is -0.0785. The lowest BCUT2D eigenvalue weighted by Crippen LogP contribution is -2.45. The molecule has 45 heavy (non-hydrogen) atoms. The van der Waals surface area contributed by atoms with Crippen molar-refractivity contribution < 1.29 is 15.0 Å². The van der Waals surface area contributed by atoms with Gasteiger partial charge in [-0.25, -0.2) is 0 Å². The van der Waals surface area contributed by atoms with Crippen LogP contribution in [0.15, 0.2) is 24.3 Å². The SMILES string of the molecule is CCCCCCCCCCCCCCCCCCCCC/C=C/CC/C=C/C(O)C(CO)NC(=O)CCCCCCCCCC. The molecule has 3 N–H and O–H groups in total. The summed E-state index contributed by atoms with van der Waals surface area (Å²) in [6.45, 7) is 4.27. The highest BCUT2D eigenvalue weighted by Gasteiger charge is 2.17. The van der Waals surface area contributed by atoms with Crippen LogP contribution in [0.25, 0.3) is 0 Å². The standard InChI is InChI=1S/C41H79NO3/c1-3-5-7-9-11-13-14-15-16-17-18-19-20-21-22-23-24-25-26-27-28-29-30-32-34-36-40(44)39(38-43)42-41(45)37-35-33-31-12-10-8-6-4-2/h28-29,34,36,39-40,43-44H,3-27,30-33,35,37-38H2,1-2H3,(H,42,45)/b29-28+,36-34+. The molecule has 0 radical (unpaired) electrons. The number of aliphatic hydroxyl groups is 2. The third-order valence-electron chi connectivity index (χ3n) is 9.19. The van der Waals surface area contributed by atoms with Gasteiger partial charge in [0.2, 0.25) is 5.91 Å². The molecule has 0 bridgehead atoms. The van der Waals surface area contributed by atoms with Crippen LogP contribution < -0.4 is 5.32 Å². The van der Waals surface area contributed by atoms with Gasteiger partial charge in [0.15, 0.2) is 0 Å². The zero-order chi connectivity index (χ0) is 32.9. The molecule has 0 aromatic carbocycles. The van der Waals surface area contributed by atoms with Gasteiger partial charge in [0.1, 0.15) is 0 Å². The zero-order valence-corrected chi connectivity index (χ0v) is 30.4. The minimum absolute atomic E-state index is 0.0785. The fraction of sp³-hybridized carbons (Fsp3) is 0.878. The molecule has 2 unspecified atom stereocenters. The van der Waals surface area contributed by atoms with E-state index in [1.165, 1.54) is 161 Å². The summed E-state index contributed by atoms with van der Waals surface area (Å²) in [6, 6.07) is -0.632. The number of amides is 1. The molecule has 0 spiro atoms. The highest BCUT2D eigenvalue weighted by molar-refractivity contribution is 5.76. The predicted octanol–water partition coefficient (Wildman–Crippen LogP) is 12.1. The van der Waals surface area contributed by atoms with Gasteiger partial charge in [-0.15, -0.1) is 0 Å². The molecule has 0 aromatic rings. The van der Waals surface area contributed by atoms with E-state index in [1.54, 1.807) is 6.08 Å². The van der Waals surface area contributed by atoms with Gasteiger partial charge >= 0.3 is 0 Å². The van der Waals surface area contributed by atoms with Gasteiger partial charge < -0.3 is 15.5 Å². The van der Waals surface area contributed by atoms with E-state index in [0.717, 1.165) is 32.1 Å². The zero-order valence-electron chi connectivity index (χ0n) is 30.4. The second kappa shape index (κ2) is 37.3. The van der Waals surface area contributed by atoms with Crippen LogP contribution in [-0.2, 0) is 4.79 Å². The molecule has 266 valence electrons. The number of aliphatic hydroxyl groups excluding tert-OH is 2. The fourth-order valence-corrected chi connectivity index (χ4v) is 6.08. The topological polar surface area (TPSA) is 69.6 Å². The lowest BCUT2D eigenvalue weighted by Gasteiger charge is -2.19. The Morgan fingerprint density at radius 1 is 0.511 bits per heavy atom. The molecule has 0 aliphatic heterocycles. The maximum atomic E-state index is 12.2. The van der Waals surface area contributed by atoms with E-state index in [0.29, 0.717) is 6.42 Å². The van der Waals surface area contributed by atoms with Gasteiger partial charge in [0, 0.05) is 6.42 Å². The second-order valence-corrected chi connectivity index (χ2v) is 13.7. The molecule has 0 heterocycles. The molecular weight excluding hydrogens is 554 g/mol. The largest absolute Gasteiger partial charge is 0.394 e. The fourth-order valence-electron chi connectivity index (χ4n) is 6.08. The van der Waals surface area contributed by atoms with E-state index in [2.05, 4.69) is 31.3 Å². The Morgan fingerprint density at radius 2 is 0.867 bits per heavy atom. The van der Waals surface area contributed by atoms with Crippen molar-refractivity contribution >= 4 is 5.91 Å². The van der Waals surface area contributed by atoms with Crippen molar-refractivity contribution in [1.82, 2.24) is 5.32 Å². The van der Waals surface area contributed by atoms with Crippen LogP contribution in [0.5, 0.6) is 0 Å². The maximum absolute atomic E-state index is 12.2. The summed E-state index contributed by atoms with van der Waals surface area (Å²) >= 11 is 0. The van der Waals surface area contributed by atoms with Gasteiger partial charge in [-0.1, -0.05) is 199 Å². The molecule has 4 heteroatoms. The van der Waals surface area contributed by atoms with Crippen molar-refractivity contribution in [3.05, 3.63) is 24.3 Å². The van der Waals surface area contributed by atoms with Gasteiger partial charge in [-0.2, -0.15) is 0 Å². The first-order valence-electron chi connectivity index (χ1n) is 20.1. The first-order valence-corrected chi connectivity index (χ1v) is 20.1.